The summed E-state index contributed by atoms with van der Waals surface area (Å²) in [6.45, 7) is 4.90. The maximum Gasteiger partial charge on any atom is 0.213 e. The lowest BCUT2D eigenvalue weighted by atomic mass is 10.3. The zero-order valence-corrected chi connectivity index (χ0v) is 11.2. The molecule has 0 radical (unpaired) electrons. The van der Waals surface area contributed by atoms with E-state index in [-0.39, 0.29) is 0 Å². The summed E-state index contributed by atoms with van der Waals surface area (Å²) in [5, 5.41) is 4.05. The van der Waals surface area contributed by atoms with Crippen molar-refractivity contribution in [1.82, 2.24) is 14.9 Å². The molecular weight excluding hydrogens is 244 g/mol. The molecule has 0 aliphatic carbocycles. The first kappa shape index (κ1) is 11.5. The predicted molar refractivity (Wildman–Crippen MR) is 78.0 cm³/mol. The standard InChI is InChI=1S/C13H16N4S/c1-2-7-14-13(18)17-9-8-16-11-6-4-3-5-10(11)15-12(16)17/h3-6H,2,7-9H2,1H3,(H,14,18). The molecule has 1 aliphatic rings. The maximum atomic E-state index is 5.42. The zero-order chi connectivity index (χ0) is 12.5. The van der Waals surface area contributed by atoms with Gasteiger partial charge in [0.05, 0.1) is 11.0 Å². The molecule has 2 aromatic rings. The van der Waals surface area contributed by atoms with Crippen molar-refractivity contribution in [3.8, 4) is 0 Å². The Labute approximate surface area is 112 Å². The number of rotatable bonds is 2. The number of nitrogens with one attached hydrogen (secondary N) is 1. The number of hydrogen-bond acceptors (Lipinski definition) is 2. The van der Waals surface area contributed by atoms with Gasteiger partial charge in [0.1, 0.15) is 0 Å². The van der Waals surface area contributed by atoms with Crippen molar-refractivity contribution < 1.29 is 0 Å². The summed E-state index contributed by atoms with van der Waals surface area (Å²) in [6, 6.07) is 8.22. The summed E-state index contributed by atoms with van der Waals surface area (Å²) in [7, 11) is 0. The lowest BCUT2D eigenvalue weighted by molar-refractivity contribution is 0.811. The Hall–Kier alpha value is -1.62. The van der Waals surface area contributed by atoms with Crippen molar-refractivity contribution in [2.24, 2.45) is 0 Å². The first-order valence-corrected chi connectivity index (χ1v) is 6.72. The van der Waals surface area contributed by atoms with Gasteiger partial charge in [-0.1, -0.05) is 19.1 Å². The number of fused-ring (bicyclic) bond motifs is 3. The lowest BCUT2D eigenvalue weighted by Crippen LogP contribution is -2.39. The van der Waals surface area contributed by atoms with E-state index in [1.807, 2.05) is 18.2 Å². The van der Waals surface area contributed by atoms with Crippen LogP contribution in [0.2, 0.25) is 0 Å². The van der Waals surface area contributed by atoms with Gasteiger partial charge in [0, 0.05) is 19.6 Å². The lowest BCUT2D eigenvalue weighted by Gasteiger charge is -2.17. The van der Waals surface area contributed by atoms with Crippen molar-refractivity contribution in [2.45, 2.75) is 19.9 Å². The van der Waals surface area contributed by atoms with Gasteiger partial charge in [-0.05, 0) is 30.8 Å². The van der Waals surface area contributed by atoms with Crippen molar-refractivity contribution in [2.75, 3.05) is 18.0 Å². The second-order valence-corrected chi connectivity index (χ2v) is 4.82. The van der Waals surface area contributed by atoms with Crippen molar-refractivity contribution in [1.29, 1.82) is 0 Å². The molecule has 0 saturated carbocycles. The fourth-order valence-corrected chi connectivity index (χ4v) is 2.58. The molecule has 18 heavy (non-hydrogen) atoms. The van der Waals surface area contributed by atoms with E-state index in [1.54, 1.807) is 0 Å². The minimum Gasteiger partial charge on any atom is -0.362 e. The molecule has 1 N–H and O–H groups in total. The first-order valence-electron chi connectivity index (χ1n) is 6.32. The van der Waals surface area contributed by atoms with Crippen LogP contribution in [0.25, 0.3) is 11.0 Å². The second-order valence-electron chi connectivity index (χ2n) is 4.44. The third-order valence-electron chi connectivity index (χ3n) is 3.19. The van der Waals surface area contributed by atoms with Gasteiger partial charge in [0.2, 0.25) is 5.95 Å². The highest BCUT2D eigenvalue weighted by Gasteiger charge is 2.25. The van der Waals surface area contributed by atoms with Crippen molar-refractivity contribution in [3.63, 3.8) is 0 Å². The topological polar surface area (TPSA) is 33.1 Å². The minimum absolute atomic E-state index is 0.783. The van der Waals surface area contributed by atoms with E-state index in [2.05, 4.69) is 32.8 Å². The van der Waals surface area contributed by atoms with Gasteiger partial charge in [0.25, 0.3) is 0 Å². The highest BCUT2D eigenvalue weighted by molar-refractivity contribution is 7.80. The molecule has 4 nitrogen and oxygen atoms in total. The molecule has 1 aromatic carbocycles. The monoisotopic (exact) mass is 260 g/mol. The van der Waals surface area contributed by atoms with Gasteiger partial charge in [-0.25, -0.2) is 4.98 Å². The maximum absolute atomic E-state index is 5.42. The quantitative estimate of drug-likeness (QED) is 0.839. The Bertz CT molecular complexity index is 590. The van der Waals surface area contributed by atoms with Crippen LogP contribution in [0.5, 0.6) is 0 Å². The van der Waals surface area contributed by atoms with Gasteiger partial charge < -0.3 is 9.88 Å². The number of aromatic nitrogens is 2. The largest absolute Gasteiger partial charge is 0.362 e. The average Bonchev–Trinajstić information content (AvgIpc) is 2.94. The van der Waals surface area contributed by atoms with Crippen LogP contribution in [0, 0.1) is 0 Å². The molecule has 0 bridgehead atoms. The number of hydrogen-bond donors (Lipinski definition) is 1. The molecule has 1 aliphatic heterocycles. The molecule has 0 unspecified atom stereocenters. The third-order valence-corrected chi connectivity index (χ3v) is 3.56. The summed E-state index contributed by atoms with van der Waals surface area (Å²) in [5.41, 5.74) is 2.23. The van der Waals surface area contributed by atoms with Gasteiger partial charge in [0.15, 0.2) is 5.11 Å². The molecule has 0 amide bonds. The number of benzene rings is 1. The van der Waals surface area contributed by atoms with E-state index in [1.165, 1.54) is 5.52 Å². The van der Waals surface area contributed by atoms with E-state index < -0.39 is 0 Å². The summed E-state index contributed by atoms with van der Waals surface area (Å²) in [4.78, 5) is 6.75. The third kappa shape index (κ3) is 1.75. The Morgan fingerprint density at radius 2 is 2.22 bits per heavy atom. The van der Waals surface area contributed by atoms with Crippen molar-refractivity contribution in [3.05, 3.63) is 24.3 Å². The van der Waals surface area contributed by atoms with Crippen LogP contribution >= 0.6 is 12.2 Å². The van der Waals surface area contributed by atoms with Gasteiger partial charge in [-0.3, -0.25) is 4.90 Å². The van der Waals surface area contributed by atoms with E-state index in [0.717, 1.165) is 42.6 Å². The SMILES string of the molecule is CCCNC(=S)N1CCn2c1nc1ccccc12. The molecule has 94 valence electrons. The second kappa shape index (κ2) is 4.57. The summed E-state index contributed by atoms with van der Waals surface area (Å²) in [5.74, 6) is 0.963. The average molecular weight is 260 g/mol. The highest BCUT2D eigenvalue weighted by atomic mass is 32.1. The Morgan fingerprint density at radius 1 is 1.39 bits per heavy atom. The molecule has 3 rings (SSSR count). The molecule has 0 spiro atoms. The molecule has 0 fully saturated rings. The molecule has 0 atom stereocenters. The molecule has 2 heterocycles. The smallest absolute Gasteiger partial charge is 0.213 e. The molecule has 5 heteroatoms. The van der Waals surface area contributed by atoms with Gasteiger partial charge >= 0.3 is 0 Å². The summed E-state index contributed by atoms with van der Waals surface area (Å²) >= 11 is 5.42. The Morgan fingerprint density at radius 3 is 3.06 bits per heavy atom. The van der Waals surface area contributed by atoms with Crippen LogP contribution in [0.15, 0.2) is 24.3 Å². The Balaban J connectivity index is 1.94. The van der Waals surface area contributed by atoms with Crippen LogP contribution in [0.4, 0.5) is 5.95 Å². The highest BCUT2D eigenvalue weighted by Crippen LogP contribution is 2.26. The van der Waals surface area contributed by atoms with Crippen LogP contribution < -0.4 is 10.2 Å². The number of anilines is 1. The van der Waals surface area contributed by atoms with Crippen LogP contribution in [-0.4, -0.2) is 27.8 Å². The fraction of sp³-hybridized carbons (Fsp3) is 0.385. The fourth-order valence-electron chi connectivity index (χ4n) is 2.31. The number of thiocarbonyl (C=S) groups is 1. The summed E-state index contributed by atoms with van der Waals surface area (Å²) < 4.78 is 2.23. The zero-order valence-electron chi connectivity index (χ0n) is 10.4. The minimum atomic E-state index is 0.783. The van der Waals surface area contributed by atoms with Gasteiger partial charge in [-0.2, -0.15) is 0 Å². The van der Waals surface area contributed by atoms with Crippen molar-refractivity contribution >= 4 is 34.3 Å². The van der Waals surface area contributed by atoms with Gasteiger partial charge in [-0.15, -0.1) is 0 Å². The van der Waals surface area contributed by atoms with Crippen LogP contribution in [0.3, 0.4) is 0 Å². The van der Waals surface area contributed by atoms with E-state index in [9.17, 15) is 0 Å². The molecule has 1 aromatic heterocycles. The van der Waals surface area contributed by atoms with Crippen LogP contribution in [-0.2, 0) is 6.54 Å². The van der Waals surface area contributed by atoms with E-state index in [0.29, 0.717) is 0 Å². The normalized spacial score (nSPS) is 13.9. The van der Waals surface area contributed by atoms with Crippen LogP contribution in [0.1, 0.15) is 13.3 Å². The molecule has 0 saturated heterocycles. The Kier molecular flexibility index (Phi) is 2.91. The first-order chi connectivity index (χ1) is 8.81. The molecular formula is C13H16N4S. The number of para-hydroxylation sites is 2. The number of imidazole rings is 1. The predicted octanol–water partition coefficient (Wildman–Crippen LogP) is 2.14. The number of nitrogens with zero attached hydrogens (tertiary/aromatic N) is 3. The summed E-state index contributed by atoms with van der Waals surface area (Å²) in [6.07, 6.45) is 1.07. The van der Waals surface area contributed by atoms with E-state index >= 15 is 0 Å². The van der Waals surface area contributed by atoms with E-state index in [4.69, 9.17) is 12.2 Å².